The lowest BCUT2D eigenvalue weighted by Crippen LogP contribution is -2.40. The maximum atomic E-state index is 12.5. The van der Waals surface area contributed by atoms with Gasteiger partial charge in [-0.2, -0.15) is 8.78 Å². The topological polar surface area (TPSA) is 74.8 Å². The number of carbonyl (C=O) groups is 1. The lowest BCUT2D eigenvalue weighted by molar-refractivity contribution is -0.121. The summed E-state index contributed by atoms with van der Waals surface area (Å²) in [6.45, 7) is 5.94. The number of amides is 1. The Kier molecular flexibility index (Phi) is 12.7. The smallest absolute Gasteiger partial charge is 0.387 e. The van der Waals surface area contributed by atoms with Crippen LogP contribution in [0.1, 0.15) is 38.3 Å². The summed E-state index contributed by atoms with van der Waals surface area (Å²) in [7, 11) is 0. The fourth-order valence-electron chi connectivity index (χ4n) is 2.24. The first kappa shape index (κ1) is 25.4. The third-order valence-corrected chi connectivity index (χ3v) is 3.28. The molecule has 1 rings (SSSR count). The number of hydrogen-bond acceptors (Lipinski definition) is 3. The van der Waals surface area contributed by atoms with Gasteiger partial charge in [-0.3, -0.25) is 4.79 Å². The van der Waals surface area contributed by atoms with Crippen LogP contribution in [0.15, 0.2) is 23.2 Å². The van der Waals surface area contributed by atoms with Crippen LogP contribution in [0.3, 0.4) is 0 Å². The van der Waals surface area contributed by atoms with Gasteiger partial charge >= 0.3 is 6.61 Å². The molecule has 6 nitrogen and oxygen atoms in total. The predicted molar refractivity (Wildman–Crippen MR) is 114 cm³/mol. The van der Waals surface area contributed by atoms with E-state index >= 15 is 0 Å². The molecule has 0 fully saturated rings. The molecular formula is C18H29F2IN4O2. The number of nitrogens with one attached hydrogen (secondary N) is 3. The molecule has 3 N–H and O–H groups in total. The van der Waals surface area contributed by atoms with E-state index in [1.54, 1.807) is 12.1 Å². The number of aryl methyl sites for hydroxylation is 1. The van der Waals surface area contributed by atoms with Crippen LogP contribution < -0.4 is 20.7 Å². The van der Waals surface area contributed by atoms with Crippen LogP contribution in [0.25, 0.3) is 0 Å². The second-order valence-corrected chi connectivity index (χ2v) is 6.08. The summed E-state index contributed by atoms with van der Waals surface area (Å²) in [6.07, 6.45) is 0.312. The molecule has 1 aromatic carbocycles. The average Bonchev–Trinajstić information content (AvgIpc) is 2.53. The minimum atomic E-state index is -2.88. The fourth-order valence-corrected chi connectivity index (χ4v) is 2.24. The second kappa shape index (κ2) is 13.5. The van der Waals surface area contributed by atoms with E-state index in [1.807, 2.05) is 27.7 Å². The van der Waals surface area contributed by atoms with Crippen molar-refractivity contribution < 1.29 is 18.3 Å². The highest BCUT2D eigenvalue weighted by Crippen LogP contribution is 2.22. The molecule has 0 spiro atoms. The van der Waals surface area contributed by atoms with Gasteiger partial charge in [0.05, 0.1) is 6.54 Å². The van der Waals surface area contributed by atoms with Crippen molar-refractivity contribution in [1.82, 2.24) is 16.0 Å². The van der Waals surface area contributed by atoms with Crippen molar-refractivity contribution in [3.05, 3.63) is 29.3 Å². The quantitative estimate of drug-likeness (QED) is 0.278. The van der Waals surface area contributed by atoms with Crippen molar-refractivity contribution in [2.24, 2.45) is 4.99 Å². The minimum Gasteiger partial charge on any atom is -0.434 e. The number of benzene rings is 1. The van der Waals surface area contributed by atoms with Crippen molar-refractivity contribution in [3.8, 4) is 5.75 Å². The Hall–Kier alpha value is -1.65. The van der Waals surface area contributed by atoms with Gasteiger partial charge in [0.25, 0.3) is 0 Å². The molecular weight excluding hydrogens is 469 g/mol. The summed E-state index contributed by atoms with van der Waals surface area (Å²) in [4.78, 5) is 16.0. The van der Waals surface area contributed by atoms with Crippen LogP contribution in [0, 0.1) is 6.92 Å². The molecule has 0 aliphatic carbocycles. The number of guanidine groups is 1. The molecule has 1 amide bonds. The van der Waals surface area contributed by atoms with Crippen molar-refractivity contribution in [2.45, 2.75) is 53.3 Å². The predicted octanol–water partition coefficient (Wildman–Crippen LogP) is 3.18. The number of aliphatic imine (C=N–C) groups is 1. The lowest BCUT2D eigenvalue weighted by atomic mass is 10.1. The molecule has 0 aliphatic rings. The number of alkyl halides is 2. The molecule has 0 radical (unpaired) electrons. The molecule has 1 aromatic rings. The number of ether oxygens (including phenoxy) is 1. The maximum absolute atomic E-state index is 12.5. The molecule has 0 unspecified atom stereocenters. The zero-order valence-corrected chi connectivity index (χ0v) is 18.5. The Labute approximate surface area is 176 Å². The first-order chi connectivity index (χ1) is 12.3. The van der Waals surface area contributed by atoms with E-state index in [-0.39, 0.29) is 48.2 Å². The number of rotatable bonds is 9. The summed E-state index contributed by atoms with van der Waals surface area (Å²) >= 11 is 0. The van der Waals surface area contributed by atoms with E-state index in [9.17, 15) is 13.6 Å². The monoisotopic (exact) mass is 498 g/mol. The molecule has 27 heavy (non-hydrogen) atoms. The molecule has 9 heteroatoms. The van der Waals surface area contributed by atoms with Gasteiger partial charge in [0.1, 0.15) is 5.75 Å². The summed E-state index contributed by atoms with van der Waals surface area (Å²) in [6, 6.07) is 5.09. The van der Waals surface area contributed by atoms with Crippen LogP contribution in [-0.2, 0) is 11.3 Å². The molecule has 0 aliphatic heterocycles. The Balaban J connectivity index is 0.00000676. The van der Waals surface area contributed by atoms with E-state index in [4.69, 9.17) is 0 Å². The van der Waals surface area contributed by atoms with Gasteiger partial charge in [0.2, 0.25) is 5.91 Å². The van der Waals surface area contributed by atoms with Crippen LogP contribution in [0.4, 0.5) is 8.78 Å². The molecule has 0 atom stereocenters. The third kappa shape index (κ3) is 10.9. The zero-order valence-electron chi connectivity index (χ0n) is 16.1. The first-order valence-corrected chi connectivity index (χ1v) is 8.67. The first-order valence-electron chi connectivity index (χ1n) is 8.67. The maximum Gasteiger partial charge on any atom is 0.387 e. The van der Waals surface area contributed by atoms with Crippen LogP contribution in [0.5, 0.6) is 5.75 Å². The number of carbonyl (C=O) groups excluding carboxylic acids is 1. The standard InChI is InChI=1S/C18H28F2N4O2.HI/c1-5-21-18(22-9-8-16(25)24-12(2)3)23-11-14-10-13(4)6-7-15(14)26-17(19)20;/h6-7,10,12,17H,5,8-9,11H2,1-4H3,(H,24,25)(H2,21,22,23);1H. The van der Waals surface area contributed by atoms with E-state index < -0.39 is 6.61 Å². The Bertz CT molecular complexity index is 613. The van der Waals surface area contributed by atoms with Gasteiger partial charge < -0.3 is 20.7 Å². The summed E-state index contributed by atoms with van der Waals surface area (Å²) in [5.41, 5.74) is 1.50. The van der Waals surface area contributed by atoms with Gasteiger partial charge in [-0.25, -0.2) is 4.99 Å². The summed E-state index contributed by atoms with van der Waals surface area (Å²) in [5, 5.41) is 8.93. The summed E-state index contributed by atoms with van der Waals surface area (Å²) in [5.74, 6) is 0.575. The van der Waals surface area contributed by atoms with Crippen molar-refractivity contribution in [3.63, 3.8) is 0 Å². The van der Waals surface area contributed by atoms with Gasteiger partial charge in [-0.15, -0.1) is 24.0 Å². The third-order valence-electron chi connectivity index (χ3n) is 3.28. The van der Waals surface area contributed by atoms with Crippen molar-refractivity contribution in [2.75, 3.05) is 13.1 Å². The Morgan fingerprint density at radius 2 is 1.96 bits per heavy atom. The minimum absolute atomic E-state index is 0. The molecule has 154 valence electrons. The van der Waals surface area contributed by atoms with Crippen molar-refractivity contribution in [1.29, 1.82) is 0 Å². The van der Waals surface area contributed by atoms with Gasteiger partial charge in [0.15, 0.2) is 5.96 Å². The highest BCUT2D eigenvalue weighted by Gasteiger charge is 2.10. The Morgan fingerprint density at radius 3 is 2.56 bits per heavy atom. The van der Waals surface area contributed by atoms with E-state index in [2.05, 4.69) is 25.7 Å². The van der Waals surface area contributed by atoms with Gasteiger partial charge in [0, 0.05) is 31.1 Å². The SMILES string of the molecule is CCNC(=NCc1cc(C)ccc1OC(F)F)NCCC(=O)NC(C)C.I. The van der Waals surface area contributed by atoms with Crippen molar-refractivity contribution >= 4 is 35.8 Å². The molecule has 0 bridgehead atoms. The number of halogens is 3. The Morgan fingerprint density at radius 1 is 1.26 bits per heavy atom. The molecule has 0 heterocycles. The van der Waals surface area contributed by atoms with Gasteiger partial charge in [-0.05, 0) is 33.8 Å². The van der Waals surface area contributed by atoms with Crippen LogP contribution in [-0.4, -0.2) is 37.6 Å². The number of nitrogens with zero attached hydrogens (tertiary/aromatic N) is 1. The van der Waals surface area contributed by atoms with E-state index in [1.165, 1.54) is 6.07 Å². The molecule has 0 saturated carbocycles. The van der Waals surface area contributed by atoms with Crippen LogP contribution in [0.2, 0.25) is 0 Å². The van der Waals surface area contributed by atoms with E-state index in [0.717, 1.165) is 5.56 Å². The highest BCUT2D eigenvalue weighted by atomic mass is 127. The largest absolute Gasteiger partial charge is 0.434 e. The van der Waals surface area contributed by atoms with Gasteiger partial charge in [-0.1, -0.05) is 17.7 Å². The highest BCUT2D eigenvalue weighted by molar-refractivity contribution is 14.0. The summed E-state index contributed by atoms with van der Waals surface area (Å²) < 4.78 is 29.6. The lowest BCUT2D eigenvalue weighted by Gasteiger charge is -2.14. The van der Waals surface area contributed by atoms with E-state index in [0.29, 0.717) is 31.0 Å². The second-order valence-electron chi connectivity index (χ2n) is 6.08. The number of hydrogen-bond donors (Lipinski definition) is 3. The average molecular weight is 498 g/mol. The normalized spacial score (nSPS) is 11.2. The molecule has 0 saturated heterocycles. The molecule has 0 aromatic heterocycles. The fraction of sp³-hybridized carbons (Fsp3) is 0.556. The zero-order chi connectivity index (χ0) is 19.5. The van der Waals surface area contributed by atoms with Crippen LogP contribution >= 0.6 is 24.0 Å².